The van der Waals surface area contributed by atoms with Crippen molar-refractivity contribution in [2.75, 3.05) is 18.5 Å². The largest absolute Gasteiger partial charge is 0.481 e. The number of rotatable bonds is 6. The van der Waals surface area contributed by atoms with Crippen molar-refractivity contribution in [3.05, 3.63) is 30.3 Å². The molecule has 1 aromatic rings. The molecule has 0 aromatic heterocycles. The molecule has 5 heteroatoms. The molecule has 104 valence electrons. The molecule has 0 saturated carbocycles. The van der Waals surface area contributed by atoms with Gasteiger partial charge in [0.05, 0.1) is 0 Å². The van der Waals surface area contributed by atoms with Crippen LogP contribution in [0.3, 0.4) is 0 Å². The van der Waals surface area contributed by atoms with E-state index in [1.54, 1.807) is 7.05 Å². The highest BCUT2D eigenvalue weighted by Gasteiger charge is 2.15. The van der Waals surface area contributed by atoms with Crippen molar-refractivity contribution >= 4 is 17.7 Å². The fraction of sp³-hybridized carbons (Fsp3) is 0.429. The zero-order valence-corrected chi connectivity index (χ0v) is 11.3. The van der Waals surface area contributed by atoms with E-state index in [2.05, 4.69) is 5.32 Å². The first-order chi connectivity index (χ1) is 9.04. The van der Waals surface area contributed by atoms with Gasteiger partial charge in [-0.3, -0.25) is 9.69 Å². The summed E-state index contributed by atoms with van der Waals surface area (Å²) in [6.07, 6.45) is 0.799. The standard InChI is InChI=1S/C14H20N2O3/c1-3-11(9-13(17)18)10-15-14(19)16(2)12-7-5-4-6-8-12/h4-8,11H,3,9-10H2,1-2H3,(H,15,19)(H,17,18). The summed E-state index contributed by atoms with van der Waals surface area (Å²) in [5.74, 6) is -0.872. The molecule has 2 N–H and O–H groups in total. The van der Waals surface area contributed by atoms with Crippen LogP contribution in [-0.2, 0) is 4.79 Å². The minimum absolute atomic E-state index is 0.0365. The van der Waals surface area contributed by atoms with Gasteiger partial charge in [0.1, 0.15) is 0 Å². The second kappa shape index (κ2) is 7.41. The van der Waals surface area contributed by atoms with E-state index >= 15 is 0 Å². The van der Waals surface area contributed by atoms with Crippen LogP contribution in [0.2, 0.25) is 0 Å². The summed E-state index contributed by atoms with van der Waals surface area (Å²) >= 11 is 0. The number of hydrogen-bond acceptors (Lipinski definition) is 2. The Hall–Kier alpha value is -2.04. The van der Waals surface area contributed by atoms with Gasteiger partial charge in [-0.2, -0.15) is 0 Å². The summed E-state index contributed by atoms with van der Waals surface area (Å²) in [7, 11) is 1.68. The number of amides is 2. The van der Waals surface area contributed by atoms with Crippen LogP contribution in [0.1, 0.15) is 19.8 Å². The van der Waals surface area contributed by atoms with Crippen LogP contribution in [0.25, 0.3) is 0 Å². The summed E-state index contributed by atoms with van der Waals surface area (Å²) in [6.45, 7) is 2.29. The van der Waals surface area contributed by atoms with Gasteiger partial charge in [0.25, 0.3) is 0 Å². The van der Waals surface area contributed by atoms with Crippen LogP contribution in [0.15, 0.2) is 30.3 Å². The lowest BCUT2D eigenvalue weighted by Gasteiger charge is -2.20. The smallest absolute Gasteiger partial charge is 0.321 e. The van der Waals surface area contributed by atoms with Crippen LogP contribution >= 0.6 is 0 Å². The van der Waals surface area contributed by atoms with E-state index < -0.39 is 5.97 Å². The highest BCUT2D eigenvalue weighted by molar-refractivity contribution is 5.91. The molecule has 0 fully saturated rings. The summed E-state index contributed by atoms with van der Waals surface area (Å²) in [5, 5.41) is 11.5. The number of hydrogen-bond donors (Lipinski definition) is 2. The third kappa shape index (κ3) is 4.99. The van der Waals surface area contributed by atoms with Crippen LogP contribution in [0.4, 0.5) is 10.5 Å². The van der Waals surface area contributed by atoms with Crippen molar-refractivity contribution in [2.24, 2.45) is 5.92 Å². The summed E-state index contributed by atoms with van der Waals surface area (Å²) in [4.78, 5) is 24.1. The van der Waals surface area contributed by atoms with Crippen molar-refractivity contribution in [1.29, 1.82) is 0 Å². The lowest BCUT2D eigenvalue weighted by Crippen LogP contribution is -2.40. The Morgan fingerprint density at radius 2 is 1.95 bits per heavy atom. The number of carbonyl (C=O) groups excluding carboxylic acids is 1. The molecule has 0 saturated heterocycles. The molecule has 1 unspecified atom stereocenters. The van der Waals surface area contributed by atoms with Crippen LogP contribution in [-0.4, -0.2) is 30.7 Å². The Balaban J connectivity index is 2.48. The molecule has 0 bridgehead atoms. The molecule has 2 amide bonds. The molecule has 0 radical (unpaired) electrons. The number of urea groups is 1. The van der Waals surface area contributed by atoms with Crippen molar-refractivity contribution in [1.82, 2.24) is 5.32 Å². The van der Waals surface area contributed by atoms with Crippen molar-refractivity contribution in [3.63, 3.8) is 0 Å². The number of nitrogens with zero attached hydrogens (tertiary/aromatic N) is 1. The molecule has 1 rings (SSSR count). The van der Waals surface area contributed by atoms with Gasteiger partial charge >= 0.3 is 12.0 Å². The first-order valence-corrected chi connectivity index (χ1v) is 6.33. The topological polar surface area (TPSA) is 69.6 Å². The maximum absolute atomic E-state index is 11.9. The van der Waals surface area contributed by atoms with Gasteiger partial charge in [0.15, 0.2) is 0 Å². The second-order valence-electron chi connectivity index (χ2n) is 4.45. The third-order valence-electron chi connectivity index (χ3n) is 3.03. The Morgan fingerprint density at radius 1 is 1.32 bits per heavy atom. The van der Waals surface area contributed by atoms with E-state index in [0.29, 0.717) is 6.54 Å². The lowest BCUT2D eigenvalue weighted by molar-refractivity contribution is -0.138. The Morgan fingerprint density at radius 3 is 2.47 bits per heavy atom. The molecule has 1 aromatic carbocycles. The van der Waals surface area contributed by atoms with Gasteiger partial charge in [-0.1, -0.05) is 31.5 Å². The fourth-order valence-electron chi connectivity index (χ4n) is 1.73. The van der Waals surface area contributed by atoms with Crippen LogP contribution in [0.5, 0.6) is 0 Å². The van der Waals surface area contributed by atoms with E-state index in [0.717, 1.165) is 12.1 Å². The monoisotopic (exact) mass is 264 g/mol. The van der Waals surface area contributed by atoms with Crippen molar-refractivity contribution < 1.29 is 14.7 Å². The molecule has 19 heavy (non-hydrogen) atoms. The molecule has 0 aliphatic rings. The Kier molecular flexibility index (Phi) is 5.85. The van der Waals surface area contributed by atoms with Gasteiger partial charge in [-0.05, 0) is 18.1 Å². The molecule has 0 heterocycles. The predicted molar refractivity (Wildman–Crippen MR) is 74.3 cm³/mol. The molecular weight excluding hydrogens is 244 g/mol. The number of carboxylic acids is 1. The molecule has 0 spiro atoms. The first-order valence-electron chi connectivity index (χ1n) is 6.33. The van der Waals surface area contributed by atoms with E-state index in [1.807, 2.05) is 37.3 Å². The number of para-hydroxylation sites is 1. The number of carbonyl (C=O) groups is 2. The van der Waals surface area contributed by atoms with Crippen molar-refractivity contribution in [3.8, 4) is 0 Å². The first kappa shape index (κ1) is 15.0. The van der Waals surface area contributed by atoms with E-state index in [-0.39, 0.29) is 18.4 Å². The average Bonchev–Trinajstić information content (AvgIpc) is 2.42. The highest BCUT2D eigenvalue weighted by Crippen LogP contribution is 2.11. The summed E-state index contributed by atoms with van der Waals surface area (Å²) < 4.78 is 0. The quantitative estimate of drug-likeness (QED) is 0.828. The maximum Gasteiger partial charge on any atom is 0.321 e. The van der Waals surface area contributed by atoms with Crippen LogP contribution < -0.4 is 10.2 Å². The molecular formula is C14H20N2O3. The molecule has 0 aliphatic heterocycles. The van der Waals surface area contributed by atoms with Gasteiger partial charge in [-0.25, -0.2) is 4.79 Å². The molecule has 0 aliphatic carbocycles. The number of benzene rings is 1. The summed E-state index contributed by atoms with van der Waals surface area (Å²) in [6, 6.07) is 9.06. The number of nitrogens with one attached hydrogen (secondary N) is 1. The molecule has 1 atom stereocenters. The van der Waals surface area contributed by atoms with E-state index in [4.69, 9.17) is 5.11 Å². The number of carboxylic acid groups (broad SMARTS) is 1. The van der Waals surface area contributed by atoms with Gasteiger partial charge < -0.3 is 10.4 Å². The summed E-state index contributed by atoms with van der Waals surface area (Å²) in [5.41, 5.74) is 0.797. The normalized spacial score (nSPS) is 11.7. The average molecular weight is 264 g/mol. The second-order valence-corrected chi connectivity index (χ2v) is 4.45. The maximum atomic E-state index is 11.9. The number of anilines is 1. The lowest BCUT2D eigenvalue weighted by atomic mass is 10.0. The van der Waals surface area contributed by atoms with Gasteiger partial charge in [0.2, 0.25) is 0 Å². The zero-order valence-electron chi connectivity index (χ0n) is 11.3. The molecule has 5 nitrogen and oxygen atoms in total. The van der Waals surface area contributed by atoms with Gasteiger partial charge in [-0.15, -0.1) is 0 Å². The minimum atomic E-state index is -0.836. The number of aliphatic carboxylic acids is 1. The minimum Gasteiger partial charge on any atom is -0.481 e. The Bertz CT molecular complexity index is 420. The third-order valence-corrected chi connectivity index (χ3v) is 3.03. The van der Waals surface area contributed by atoms with E-state index in [9.17, 15) is 9.59 Å². The Labute approximate surface area is 113 Å². The van der Waals surface area contributed by atoms with Gasteiger partial charge in [0, 0.05) is 25.7 Å². The zero-order chi connectivity index (χ0) is 14.3. The van der Waals surface area contributed by atoms with Crippen molar-refractivity contribution in [2.45, 2.75) is 19.8 Å². The van der Waals surface area contributed by atoms with Crippen LogP contribution in [0, 0.1) is 5.92 Å². The highest BCUT2D eigenvalue weighted by atomic mass is 16.4. The SMILES string of the molecule is CCC(CNC(=O)N(C)c1ccccc1)CC(=O)O. The van der Waals surface area contributed by atoms with E-state index in [1.165, 1.54) is 4.90 Å². The predicted octanol–water partition coefficient (Wildman–Crippen LogP) is 2.33. The fourth-order valence-corrected chi connectivity index (χ4v) is 1.73.